The fourth-order valence-electron chi connectivity index (χ4n) is 2.11. The third-order valence-corrected chi connectivity index (χ3v) is 3.23. The van der Waals surface area contributed by atoms with Gasteiger partial charge in [-0.15, -0.1) is 0 Å². The summed E-state index contributed by atoms with van der Waals surface area (Å²) in [5, 5.41) is 13.8. The largest absolute Gasteiger partial charge is 0.336 e. The number of hydrogen-bond acceptors (Lipinski definition) is 5. The Morgan fingerprint density at radius 3 is 2.90 bits per heavy atom. The number of nitrogens with one attached hydrogen (secondary N) is 2. The van der Waals surface area contributed by atoms with Crippen LogP contribution in [0.1, 0.15) is 41.5 Å². The molecule has 0 bridgehead atoms. The minimum Gasteiger partial charge on any atom is -0.336 e. The van der Waals surface area contributed by atoms with Crippen molar-refractivity contribution >= 4 is 22.7 Å². The Labute approximate surface area is 120 Å². The van der Waals surface area contributed by atoms with Gasteiger partial charge in [-0.05, 0) is 18.9 Å². The highest BCUT2D eigenvalue weighted by molar-refractivity contribution is 6.12. The van der Waals surface area contributed by atoms with Crippen LogP contribution in [0.4, 0.5) is 5.69 Å². The number of rotatable bonds is 3. The summed E-state index contributed by atoms with van der Waals surface area (Å²) in [6, 6.07) is 1.78. The third kappa shape index (κ3) is 2.37. The minimum absolute atomic E-state index is 0.181. The zero-order valence-corrected chi connectivity index (χ0v) is 12.0. The van der Waals surface area contributed by atoms with Gasteiger partial charge in [-0.2, -0.15) is 5.10 Å². The molecular weight excluding hydrogens is 270 g/mol. The Bertz CT molecular complexity index is 789. The number of H-pyrrole nitrogens is 1. The van der Waals surface area contributed by atoms with Crippen LogP contribution in [0.25, 0.3) is 11.1 Å². The number of nitrogens with zero attached hydrogens (tertiary/aromatic N) is 3. The van der Waals surface area contributed by atoms with Gasteiger partial charge in [0.2, 0.25) is 0 Å². The van der Waals surface area contributed by atoms with Gasteiger partial charge in [0.15, 0.2) is 0 Å². The number of anilines is 1. The molecule has 0 saturated carbocycles. The molecule has 0 aliphatic heterocycles. The molecule has 0 aliphatic rings. The van der Waals surface area contributed by atoms with E-state index in [2.05, 4.69) is 25.7 Å². The summed E-state index contributed by atoms with van der Waals surface area (Å²) in [4.78, 5) is 16.9. The summed E-state index contributed by atoms with van der Waals surface area (Å²) < 4.78 is 5.21. The molecule has 3 aromatic rings. The third-order valence-electron chi connectivity index (χ3n) is 3.23. The molecule has 3 rings (SSSR count). The fraction of sp³-hybridized carbons (Fsp3) is 0.286. The number of aryl methyl sites for hydroxylation is 1. The number of amides is 1. The molecule has 21 heavy (non-hydrogen) atoms. The van der Waals surface area contributed by atoms with Gasteiger partial charge in [0.25, 0.3) is 11.6 Å². The molecule has 3 heterocycles. The topological polar surface area (TPSA) is 96.7 Å². The Morgan fingerprint density at radius 2 is 2.24 bits per heavy atom. The van der Waals surface area contributed by atoms with Gasteiger partial charge in [-0.3, -0.25) is 9.89 Å². The Kier molecular flexibility index (Phi) is 3.17. The van der Waals surface area contributed by atoms with Crippen molar-refractivity contribution in [2.45, 2.75) is 26.7 Å². The molecule has 0 fully saturated rings. The van der Waals surface area contributed by atoms with Gasteiger partial charge >= 0.3 is 0 Å². The molecule has 0 saturated heterocycles. The monoisotopic (exact) mass is 285 g/mol. The number of hydrogen-bond donors (Lipinski definition) is 2. The fourth-order valence-corrected chi connectivity index (χ4v) is 2.11. The second-order valence-electron chi connectivity index (χ2n) is 5.14. The lowest BCUT2D eigenvalue weighted by Crippen LogP contribution is -2.13. The summed E-state index contributed by atoms with van der Waals surface area (Å²) in [6.45, 7) is 5.81. The number of fused-ring (bicyclic) bond motifs is 1. The minimum atomic E-state index is -0.239. The highest BCUT2D eigenvalue weighted by Crippen LogP contribution is 2.25. The highest BCUT2D eigenvalue weighted by atomic mass is 16.5. The van der Waals surface area contributed by atoms with Crippen LogP contribution in [-0.2, 0) is 0 Å². The zero-order chi connectivity index (χ0) is 15.0. The van der Waals surface area contributed by atoms with Crippen molar-refractivity contribution in [2.24, 2.45) is 0 Å². The SMILES string of the molecule is Cc1noc2nc(C(C)C)cc(C(=O)Nc3cn[nH]c3)c12. The lowest BCUT2D eigenvalue weighted by atomic mass is 10.0. The van der Waals surface area contributed by atoms with Crippen LogP contribution in [0.3, 0.4) is 0 Å². The van der Waals surface area contributed by atoms with E-state index in [1.165, 1.54) is 0 Å². The molecular formula is C14H15N5O2. The number of carbonyl (C=O) groups excluding carboxylic acids is 1. The standard InChI is InChI=1S/C14H15N5O2/c1-7(2)11-4-10(12-8(3)19-21-14(12)18-11)13(20)17-9-5-15-16-6-9/h4-7H,1-3H3,(H,15,16)(H,17,20). The molecule has 0 spiro atoms. The van der Waals surface area contributed by atoms with E-state index in [9.17, 15) is 4.79 Å². The maximum absolute atomic E-state index is 12.5. The van der Waals surface area contributed by atoms with Gasteiger partial charge in [0.1, 0.15) is 0 Å². The molecule has 0 aromatic carbocycles. The van der Waals surface area contributed by atoms with E-state index >= 15 is 0 Å². The van der Waals surface area contributed by atoms with E-state index in [1.807, 2.05) is 13.8 Å². The Hall–Kier alpha value is -2.70. The molecule has 108 valence electrons. The van der Waals surface area contributed by atoms with Crippen molar-refractivity contribution in [2.75, 3.05) is 5.32 Å². The van der Waals surface area contributed by atoms with Crippen molar-refractivity contribution in [1.82, 2.24) is 20.3 Å². The average molecular weight is 285 g/mol. The van der Waals surface area contributed by atoms with Crippen LogP contribution in [-0.4, -0.2) is 26.2 Å². The normalized spacial score (nSPS) is 11.2. The van der Waals surface area contributed by atoms with Crippen molar-refractivity contribution in [3.8, 4) is 0 Å². The van der Waals surface area contributed by atoms with E-state index in [0.717, 1.165) is 5.69 Å². The van der Waals surface area contributed by atoms with Crippen LogP contribution >= 0.6 is 0 Å². The average Bonchev–Trinajstić information content (AvgIpc) is 3.08. The van der Waals surface area contributed by atoms with Crippen molar-refractivity contribution in [1.29, 1.82) is 0 Å². The first kappa shape index (κ1) is 13.3. The molecule has 0 radical (unpaired) electrons. The van der Waals surface area contributed by atoms with Crippen LogP contribution in [0.15, 0.2) is 23.0 Å². The van der Waals surface area contributed by atoms with Crippen molar-refractivity contribution in [3.63, 3.8) is 0 Å². The first-order valence-electron chi connectivity index (χ1n) is 6.63. The quantitative estimate of drug-likeness (QED) is 0.771. The molecule has 0 unspecified atom stereocenters. The first-order valence-corrected chi connectivity index (χ1v) is 6.63. The number of pyridine rings is 1. The van der Waals surface area contributed by atoms with Gasteiger partial charge in [-0.1, -0.05) is 19.0 Å². The van der Waals surface area contributed by atoms with E-state index in [-0.39, 0.29) is 11.8 Å². The van der Waals surface area contributed by atoms with Gasteiger partial charge in [0, 0.05) is 11.9 Å². The summed E-state index contributed by atoms with van der Waals surface area (Å²) in [7, 11) is 0. The van der Waals surface area contributed by atoms with Gasteiger partial charge in [0.05, 0.1) is 28.5 Å². The number of aromatic amines is 1. The highest BCUT2D eigenvalue weighted by Gasteiger charge is 2.19. The second kappa shape index (κ2) is 5.01. The Balaban J connectivity index is 2.10. The maximum Gasteiger partial charge on any atom is 0.259 e. The van der Waals surface area contributed by atoms with E-state index in [0.29, 0.717) is 28.0 Å². The molecule has 1 amide bonds. The Morgan fingerprint density at radius 1 is 1.43 bits per heavy atom. The van der Waals surface area contributed by atoms with Gasteiger partial charge in [-0.25, -0.2) is 4.98 Å². The molecule has 0 aliphatic carbocycles. The van der Waals surface area contributed by atoms with Crippen molar-refractivity contribution in [3.05, 3.63) is 35.4 Å². The lowest BCUT2D eigenvalue weighted by Gasteiger charge is -2.08. The van der Waals surface area contributed by atoms with E-state index in [1.54, 1.807) is 25.4 Å². The summed E-state index contributed by atoms with van der Waals surface area (Å²) >= 11 is 0. The number of aromatic nitrogens is 4. The van der Waals surface area contributed by atoms with Crippen LogP contribution < -0.4 is 5.32 Å². The summed E-state index contributed by atoms with van der Waals surface area (Å²) in [5.74, 6) is -0.0581. The second-order valence-corrected chi connectivity index (χ2v) is 5.14. The summed E-state index contributed by atoms with van der Waals surface area (Å²) in [6.07, 6.45) is 3.15. The molecule has 7 nitrogen and oxygen atoms in total. The van der Waals surface area contributed by atoms with Crippen LogP contribution in [0.2, 0.25) is 0 Å². The maximum atomic E-state index is 12.5. The molecule has 7 heteroatoms. The number of carbonyl (C=O) groups is 1. The lowest BCUT2D eigenvalue weighted by molar-refractivity contribution is 0.102. The molecule has 0 atom stereocenters. The summed E-state index contributed by atoms with van der Waals surface area (Å²) in [5.41, 5.74) is 2.92. The predicted octanol–water partition coefficient (Wildman–Crippen LogP) is 2.63. The van der Waals surface area contributed by atoms with E-state index in [4.69, 9.17) is 4.52 Å². The molecule has 3 aromatic heterocycles. The van der Waals surface area contributed by atoms with Gasteiger partial charge < -0.3 is 9.84 Å². The van der Waals surface area contributed by atoms with E-state index < -0.39 is 0 Å². The van der Waals surface area contributed by atoms with Crippen LogP contribution in [0.5, 0.6) is 0 Å². The predicted molar refractivity (Wildman–Crippen MR) is 77.2 cm³/mol. The van der Waals surface area contributed by atoms with Crippen LogP contribution in [0, 0.1) is 6.92 Å². The zero-order valence-electron chi connectivity index (χ0n) is 12.0. The van der Waals surface area contributed by atoms with Crippen molar-refractivity contribution < 1.29 is 9.32 Å². The first-order chi connectivity index (χ1) is 10.1. The molecule has 2 N–H and O–H groups in total. The smallest absolute Gasteiger partial charge is 0.259 e.